The summed E-state index contributed by atoms with van der Waals surface area (Å²) in [4.78, 5) is 49.3. The van der Waals surface area contributed by atoms with Crippen molar-refractivity contribution >= 4 is 29.3 Å². The molecule has 4 N–H and O–H groups in total. The molecule has 0 aliphatic carbocycles. The van der Waals surface area contributed by atoms with Crippen LogP contribution in [0.3, 0.4) is 0 Å². The van der Waals surface area contributed by atoms with Crippen LogP contribution in [0.15, 0.2) is 18.2 Å². The Balaban J connectivity index is 1.88. The van der Waals surface area contributed by atoms with Gasteiger partial charge in [-0.25, -0.2) is 0 Å². The van der Waals surface area contributed by atoms with Gasteiger partial charge in [0, 0.05) is 24.7 Å². The smallest absolute Gasteiger partial charge is 0.262 e. The third-order valence-corrected chi connectivity index (χ3v) is 4.21. The number of rotatable bonds is 4. The molecule has 2 aliphatic heterocycles. The van der Waals surface area contributed by atoms with Crippen molar-refractivity contribution in [1.29, 1.82) is 0 Å². The van der Waals surface area contributed by atoms with Crippen LogP contribution in [0.25, 0.3) is 0 Å². The van der Waals surface area contributed by atoms with Crippen molar-refractivity contribution in [3.8, 4) is 0 Å². The van der Waals surface area contributed by atoms with Gasteiger partial charge in [0.15, 0.2) is 0 Å². The quantitative estimate of drug-likeness (QED) is 0.660. The van der Waals surface area contributed by atoms with Gasteiger partial charge in [-0.2, -0.15) is 0 Å². The SMILES string of the molecule is C[C@@H](CN)Nc1ccc2c(c1)C(=O)N(C1CCC(=O)NC1=O)C2=O. The Kier molecular flexibility index (Phi) is 4.06. The minimum absolute atomic E-state index is 0.0153. The minimum atomic E-state index is -0.950. The Bertz CT molecular complexity index is 746. The molecule has 1 aromatic rings. The van der Waals surface area contributed by atoms with Gasteiger partial charge in [-0.1, -0.05) is 0 Å². The van der Waals surface area contributed by atoms with Crippen LogP contribution in [0.4, 0.5) is 5.69 Å². The number of benzene rings is 1. The average Bonchev–Trinajstić information content (AvgIpc) is 2.79. The zero-order valence-electron chi connectivity index (χ0n) is 13.2. The van der Waals surface area contributed by atoms with Gasteiger partial charge in [0.1, 0.15) is 6.04 Å². The first kappa shape index (κ1) is 16.1. The summed E-state index contributed by atoms with van der Waals surface area (Å²) in [5, 5.41) is 5.30. The molecule has 8 heteroatoms. The number of carbonyl (C=O) groups is 4. The summed E-state index contributed by atoms with van der Waals surface area (Å²) in [6.07, 6.45) is 0.246. The van der Waals surface area contributed by atoms with Crippen LogP contribution in [0.5, 0.6) is 0 Å². The average molecular weight is 330 g/mol. The number of anilines is 1. The number of imide groups is 2. The Morgan fingerprint density at radius 1 is 1.25 bits per heavy atom. The molecule has 2 atom stereocenters. The Morgan fingerprint density at radius 3 is 2.62 bits per heavy atom. The second-order valence-corrected chi connectivity index (χ2v) is 5.99. The van der Waals surface area contributed by atoms with E-state index in [1.54, 1.807) is 18.2 Å². The van der Waals surface area contributed by atoms with Gasteiger partial charge in [-0.3, -0.25) is 29.4 Å². The van der Waals surface area contributed by atoms with Gasteiger partial charge in [-0.05, 0) is 31.5 Å². The number of hydrogen-bond donors (Lipinski definition) is 3. The summed E-state index contributed by atoms with van der Waals surface area (Å²) in [5.41, 5.74) is 6.75. The zero-order valence-corrected chi connectivity index (χ0v) is 13.2. The molecule has 1 aromatic carbocycles. The van der Waals surface area contributed by atoms with Crippen molar-refractivity contribution in [3.05, 3.63) is 29.3 Å². The molecule has 0 saturated carbocycles. The molecule has 0 radical (unpaired) electrons. The number of hydrogen-bond acceptors (Lipinski definition) is 6. The maximum Gasteiger partial charge on any atom is 0.262 e. The summed E-state index contributed by atoms with van der Waals surface area (Å²) >= 11 is 0. The molecule has 0 aromatic heterocycles. The van der Waals surface area contributed by atoms with Gasteiger partial charge in [0.2, 0.25) is 11.8 Å². The Hall–Kier alpha value is -2.74. The fourth-order valence-corrected chi connectivity index (χ4v) is 2.90. The standard InChI is InChI=1S/C16H18N4O4/c1-8(7-17)18-9-2-3-10-11(6-9)16(24)20(15(10)23)12-4-5-13(21)19-14(12)22/h2-3,6,8,12,18H,4-5,7,17H2,1H3,(H,19,21,22)/t8-,12?/m0/s1. The third kappa shape index (κ3) is 2.65. The second kappa shape index (κ2) is 6.04. The van der Waals surface area contributed by atoms with Crippen LogP contribution in [0.2, 0.25) is 0 Å². The number of nitrogens with zero attached hydrogens (tertiary/aromatic N) is 1. The van der Waals surface area contributed by atoms with Crippen LogP contribution in [-0.4, -0.2) is 47.2 Å². The van der Waals surface area contributed by atoms with E-state index in [9.17, 15) is 19.2 Å². The van der Waals surface area contributed by atoms with Crippen LogP contribution in [-0.2, 0) is 9.59 Å². The maximum absolute atomic E-state index is 12.6. The van der Waals surface area contributed by atoms with Crippen molar-refractivity contribution in [2.24, 2.45) is 5.73 Å². The fraction of sp³-hybridized carbons (Fsp3) is 0.375. The lowest BCUT2D eigenvalue weighted by Gasteiger charge is -2.27. The first-order valence-corrected chi connectivity index (χ1v) is 7.74. The fourth-order valence-electron chi connectivity index (χ4n) is 2.90. The van der Waals surface area contributed by atoms with Gasteiger partial charge >= 0.3 is 0 Å². The van der Waals surface area contributed by atoms with E-state index in [-0.39, 0.29) is 30.0 Å². The lowest BCUT2D eigenvalue weighted by molar-refractivity contribution is -0.136. The van der Waals surface area contributed by atoms with Crippen LogP contribution >= 0.6 is 0 Å². The zero-order chi connectivity index (χ0) is 17.4. The highest BCUT2D eigenvalue weighted by molar-refractivity contribution is 6.23. The molecule has 24 heavy (non-hydrogen) atoms. The van der Waals surface area contributed by atoms with Gasteiger partial charge in [-0.15, -0.1) is 0 Å². The number of nitrogens with two attached hydrogens (primary N) is 1. The highest BCUT2D eigenvalue weighted by Crippen LogP contribution is 2.29. The molecule has 1 unspecified atom stereocenters. The lowest BCUT2D eigenvalue weighted by atomic mass is 10.0. The van der Waals surface area contributed by atoms with E-state index in [0.717, 1.165) is 4.90 Å². The molecule has 2 heterocycles. The number of carbonyl (C=O) groups excluding carboxylic acids is 4. The van der Waals surface area contributed by atoms with Crippen molar-refractivity contribution in [3.63, 3.8) is 0 Å². The molecular weight excluding hydrogens is 312 g/mol. The molecule has 126 valence electrons. The normalized spacial score (nSPS) is 21.6. The second-order valence-electron chi connectivity index (χ2n) is 5.99. The predicted molar refractivity (Wildman–Crippen MR) is 85.3 cm³/mol. The minimum Gasteiger partial charge on any atom is -0.381 e. The highest BCUT2D eigenvalue weighted by Gasteiger charge is 2.44. The first-order chi connectivity index (χ1) is 11.4. The Labute approximate surface area is 138 Å². The van der Waals surface area contributed by atoms with Crippen molar-refractivity contribution in [2.45, 2.75) is 31.8 Å². The first-order valence-electron chi connectivity index (χ1n) is 7.74. The van der Waals surface area contributed by atoms with E-state index in [0.29, 0.717) is 12.2 Å². The van der Waals surface area contributed by atoms with E-state index in [1.165, 1.54) is 0 Å². The molecule has 2 aliphatic rings. The van der Waals surface area contributed by atoms with Crippen LogP contribution < -0.4 is 16.4 Å². The lowest BCUT2D eigenvalue weighted by Crippen LogP contribution is -2.54. The summed E-state index contributed by atoms with van der Waals surface area (Å²) in [6, 6.07) is 3.92. The van der Waals surface area contributed by atoms with Crippen LogP contribution in [0.1, 0.15) is 40.5 Å². The van der Waals surface area contributed by atoms with Gasteiger partial charge < -0.3 is 11.1 Å². The number of fused-ring (bicyclic) bond motifs is 1. The number of piperidine rings is 1. The van der Waals surface area contributed by atoms with Crippen molar-refractivity contribution < 1.29 is 19.2 Å². The van der Waals surface area contributed by atoms with Crippen molar-refractivity contribution in [1.82, 2.24) is 10.2 Å². The monoisotopic (exact) mass is 330 g/mol. The van der Waals surface area contributed by atoms with Gasteiger partial charge in [0.25, 0.3) is 11.8 Å². The molecule has 3 rings (SSSR count). The topological polar surface area (TPSA) is 122 Å². The molecule has 1 saturated heterocycles. The third-order valence-electron chi connectivity index (χ3n) is 4.21. The summed E-state index contributed by atoms with van der Waals surface area (Å²) < 4.78 is 0. The summed E-state index contributed by atoms with van der Waals surface area (Å²) in [5.74, 6) is -2.04. The van der Waals surface area contributed by atoms with E-state index in [1.807, 2.05) is 6.92 Å². The van der Waals surface area contributed by atoms with E-state index in [4.69, 9.17) is 5.73 Å². The summed E-state index contributed by atoms with van der Waals surface area (Å²) in [6.45, 7) is 2.32. The largest absolute Gasteiger partial charge is 0.381 e. The number of nitrogens with one attached hydrogen (secondary N) is 2. The molecule has 0 spiro atoms. The molecule has 0 bridgehead atoms. The maximum atomic E-state index is 12.6. The van der Waals surface area contributed by atoms with Crippen LogP contribution in [0, 0.1) is 0 Å². The summed E-state index contributed by atoms with van der Waals surface area (Å²) in [7, 11) is 0. The Morgan fingerprint density at radius 2 is 1.96 bits per heavy atom. The predicted octanol–water partition coefficient (Wildman–Crippen LogP) is -0.153. The van der Waals surface area contributed by atoms with Gasteiger partial charge in [0.05, 0.1) is 11.1 Å². The number of amides is 4. The van der Waals surface area contributed by atoms with Crippen molar-refractivity contribution in [2.75, 3.05) is 11.9 Å². The van der Waals surface area contributed by atoms with E-state index >= 15 is 0 Å². The molecule has 4 amide bonds. The molecular formula is C16H18N4O4. The molecule has 8 nitrogen and oxygen atoms in total. The van der Waals surface area contributed by atoms with E-state index < -0.39 is 29.7 Å². The highest BCUT2D eigenvalue weighted by atomic mass is 16.2. The molecule has 1 fully saturated rings. The van der Waals surface area contributed by atoms with E-state index in [2.05, 4.69) is 10.6 Å².